The highest BCUT2D eigenvalue weighted by atomic mass is 32.2. The van der Waals surface area contributed by atoms with Crippen LogP contribution in [-0.4, -0.2) is 18.1 Å². The molecule has 0 aliphatic heterocycles. The molecule has 1 saturated carbocycles. The molecule has 4 N–H and O–H groups in total. The number of imidazole rings is 1. The maximum absolute atomic E-state index is 11.0. The molecule has 6 nitrogen and oxygen atoms in total. The summed E-state index contributed by atoms with van der Waals surface area (Å²) in [4.78, 5) is 4.92. The summed E-state index contributed by atoms with van der Waals surface area (Å²) in [6.07, 6.45) is 5.21. The van der Waals surface area contributed by atoms with Gasteiger partial charge in [-0.15, -0.1) is 0 Å². The summed E-state index contributed by atoms with van der Waals surface area (Å²) in [6, 6.07) is 22.5. The number of nitrogens with zero attached hydrogens (tertiary/aromatic N) is 2. The third-order valence-corrected chi connectivity index (χ3v) is 6.50. The Hall–Kier alpha value is -2.84. The van der Waals surface area contributed by atoms with E-state index in [1.807, 2.05) is 40.9 Å². The molecular formula is C24H24N4O2S. The van der Waals surface area contributed by atoms with Crippen LogP contribution in [0.3, 0.4) is 0 Å². The molecule has 0 amide bonds. The number of aromatic nitrogens is 2. The van der Waals surface area contributed by atoms with E-state index in [-0.39, 0.29) is 12.1 Å². The number of hydrogen-bond donors (Lipinski definition) is 3. The third kappa shape index (κ3) is 3.81. The Labute approximate surface area is 183 Å². The highest BCUT2D eigenvalue weighted by molar-refractivity contribution is 7.77. The molecule has 4 aromatic rings. The molecule has 7 heteroatoms. The van der Waals surface area contributed by atoms with Crippen LogP contribution in [0.1, 0.15) is 30.4 Å². The van der Waals surface area contributed by atoms with Crippen LogP contribution in [0.2, 0.25) is 0 Å². The van der Waals surface area contributed by atoms with Crippen LogP contribution < -0.4 is 10.5 Å². The molecule has 2 aromatic heterocycles. The van der Waals surface area contributed by atoms with Crippen molar-refractivity contribution in [1.29, 1.82) is 0 Å². The fraction of sp³-hybridized carbons (Fsp3) is 0.208. The summed E-state index contributed by atoms with van der Waals surface area (Å²) in [6.45, 7) is 0.286. The van der Waals surface area contributed by atoms with Crippen LogP contribution in [0, 0.1) is 0 Å². The van der Waals surface area contributed by atoms with Gasteiger partial charge in [-0.2, -0.15) is 0 Å². The molecular weight excluding hydrogens is 408 g/mol. The van der Waals surface area contributed by atoms with E-state index >= 15 is 0 Å². The van der Waals surface area contributed by atoms with Crippen LogP contribution in [0.25, 0.3) is 28.2 Å². The Kier molecular flexibility index (Phi) is 5.19. The van der Waals surface area contributed by atoms with Crippen LogP contribution in [0.15, 0.2) is 72.9 Å². The van der Waals surface area contributed by atoms with Crippen molar-refractivity contribution in [2.75, 3.05) is 0 Å². The van der Waals surface area contributed by atoms with Crippen molar-refractivity contribution in [2.24, 2.45) is 5.73 Å². The Morgan fingerprint density at radius 3 is 2.42 bits per heavy atom. The lowest BCUT2D eigenvalue weighted by Gasteiger charge is -2.38. The van der Waals surface area contributed by atoms with E-state index in [2.05, 4.69) is 41.1 Å². The van der Waals surface area contributed by atoms with Gasteiger partial charge in [0.25, 0.3) is 0 Å². The first kappa shape index (κ1) is 20.1. The standard InChI is InChI=1S/C24H24N4O2S/c25-24(13-4-14-24)20-10-8-18(9-11-20)22-23(19-5-2-1-3-6-19)28-16-17(15-26-31(29)30)7-12-21(28)27-22/h1-3,5-12,16,26H,4,13-15,25H2,(H,29,30). The van der Waals surface area contributed by atoms with Crippen molar-refractivity contribution < 1.29 is 8.76 Å². The maximum atomic E-state index is 11.0. The van der Waals surface area contributed by atoms with Gasteiger partial charge in [-0.1, -0.05) is 60.7 Å². The summed E-state index contributed by atoms with van der Waals surface area (Å²) in [7, 11) is 0. The van der Waals surface area contributed by atoms with Crippen LogP contribution in [-0.2, 0) is 23.4 Å². The molecule has 1 atom stereocenters. The van der Waals surface area contributed by atoms with E-state index < -0.39 is 11.3 Å². The zero-order chi connectivity index (χ0) is 21.4. The van der Waals surface area contributed by atoms with E-state index in [9.17, 15) is 4.21 Å². The molecule has 158 valence electrons. The summed E-state index contributed by atoms with van der Waals surface area (Å²) < 4.78 is 24.6. The number of hydrogen-bond acceptors (Lipinski definition) is 3. The maximum Gasteiger partial charge on any atom is 0.232 e. The lowest BCUT2D eigenvalue weighted by Crippen LogP contribution is -2.43. The van der Waals surface area contributed by atoms with Gasteiger partial charge in [-0.05, 0) is 36.5 Å². The molecule has 0 radical (unpaired) electrons. The second-order valence-corrected chi connectivity index (χ2v) is 8.88. The van der Waals surface area contributed by atoms with Crippen LogP contribution >= 0.6 is 0 Å². The van der Waals surface area contributed by atoms with Gasteiger partial charge in [0.15, 0.2) is 0 Å². The van der Waals surface area contributed by atoms with Gasteiger partial charge >= 0.3 is 0 Å². The second kappa shape index (κ2) is 8.01. The highest BCUT2D eigenvalue weighted by Crippen LogP contribution is 2.40. The molecule has 1 fully saturated rings. The smallest absolute Gasteiger partial charge is 0.232 e. The number of nitrogens with one attached hydrogen (secondary N) is 1. The fourth-order valence-corrected chi connectivity index (χ4v) is 4.51. The quantitative estimate of drug-likeness (QED) is 0.398. The molecule has 1 unspecified atom stereocenters. The van der Waals surface area contributed by atoms with E-state index in [4.69, 9.17) is 15.3 Å². The number of fused-ring (bicyclic) bond motifs is 1. The Balaban J connectivity index is 1.62. The molecule has 0 saturated heterocycles. The Morgan fingerprint density at radius 2 is 1.77 bits per heavy atom. The molecule has 1 aliphatic carbocycles. The number of rotatable bonds is 6. The SMILES string of the molecule is NC1(c2ccc(-c3nc4ccc(CNS(=O)O)cn4c3-c3ccccc3)cc2)CCC1. The molecule has 0 spiro atoms. The van der Waals surface area contributed by atoms with Gasteiger partial charge in [0.05, 0.1) is 11.4 Å². The predicted octanol–water partition coefficient (Wildman–Crippen LogP) is 4.23. The second-order valence-electron chi connectivity index (χ2n) is 8.10. The van der Waals surface area contributed by atoms with Crippen molar-refractivity contribution in [3.63, 3.8) is 0 Å². The van der Waals surface area contributed by atoms with E-state index in [0.29, 0.717) is 0 Å². The largest absolute Gasteiger partial charge is 0.321 e. The normalized spacial score (nSPS) is 16.2. The topological polar surface area (TPSA) is 92.6 Å². The summed E-state index contributed by atoms with van der Waals surface area (Å²) in [5.74, 6) is 0. The van der Waals surface area contributed by atoms with Crippen molar-refractivity contribution >= 4 is 16.9 Å². The number of nitrogens with two attached hydrogens (primary N) is 1. The van der Waals surface area contributed by atoms with Gasteiger partial charge < -0.3 is 5.73 Å². The van der Waals surface area contributed by atoms with Gasteiger partial charge in [0.2, 0.25) is 11.3 Å². The van der Waals surface area contributed by atoms with Crippen LogP contribution in [0.5, 0.6) is 0 Å². The first-order chi connectivity index (χ1) is 15.0. The monoisotopic (exact) mass is 432 g/mol. The predicted molar refractivity (Wildman–Crippen MR) is 123 cm³/mol. The van der Waals surface area contributed by atoms with Crippen LogP contribution in [0.4, 0.5) is 0 Å². The third-order valence-electron chi connectivity index (χ3n) is 6.11. The van der Waals surface area contributed by atoms with E-state index in [1.165, 1.54) is 12.0 Å². The number of pyridine rings is 1. The van der Waals surface area contributed by atoms with Crippen molar-refractivity contribution in [3.8, 4) is 22.5 Å². The summed E-state index contributed by atoms with van der Waals surface area (Å²) >= 11 is -2.06. The lowest BCUT2D eigenvalue weighted by molar-refractivity contribution is 0.253. The average molecular weight is 433 g/mol. The highest BCUT2D eigenvalue weighted by Gasteiger charge is 2.34. The molecule has 5 rings (SSSR count). The summed E-state index contributed by atoms with van der Waals surface area (Å²) in [5.41, 5.74) is 13.2. The van der Waals surface area contributed by atoms with E-state index in [0.717, 1.165) is 46.6 Å². The minimum absolute atomic E-state index is 0.186. The van der Waals surface area contributed by atoms with Crippen molar-refractivity contribution in [3.05, 3.63) is 84.1 Å². The summed E-state index contributed by atoms with van der Waals surface area (Å²) in [5, 5.41) is 0. The van der Waals surface area contributed by atoms with E-state index in [1.54, 1.807) is 0 Å². The average Bonchev–Trinajstić information content (AvgIpc) is 3.15. The fourth-order valence-electron chi connectivity index (χ4n) is 4.22. The van der Waals surface area contributed by atoms with Gasteiger partial charge in [0, 0.05) is 29.4 Å². The van der Waals surface area contributed by atoms with Gasteiger partial charge in [0.1, 0.15) is 5.65 Å². The first-order valence-electron chi connectivity index (χ1n) is 10.3. The minimum Gasteiger partial charge on any atom is -0.321 e. The molecule has 0 bridgehead atoms. The Morgan fingerprint density at radius 1 is 1.03 bits per heavy atom. The molecule has 1 aliphatic rings. The molecule has 2 heterocycles. The number of benzene rings is 2. The minimum atomic E-state index is -2.06. The zero-order valence-electron chi connectivity index (χ0n) is 17.0. The first-order valence-corrected chi connectivity index (χ1v) is 11.4. The lowest BCUT2D eigenvalue weighted by atomic mass is 9.72. The van der Waals surface area contributed by atoms with Gasteiger partial charge in [-0.3, -0.25) is 8.95 Å². The van der Waals surface area contributed by atoms with Gasteiger partial charge in [-0.25, -0.2) is 13.9 Å². The Bertz CT molecular complexity index is 1250. The molecule has 2 aromatic carbocycles. The zero-order valence-corrected chi connectivity index (χ0v) is 17.8. The van der Waals surface area contributed by atoms with Crippen molar-refractivity contribution in [1.82, 2.24) is 14.1 Å². The van der Waals surface area contributed by atoms with Crippen molar-refractivity contribution in [2.45, 2.75) is 31.3 Å². The molecule has 31 heavy (non-hydrogen) atoms.